The van der Waals surface area contributed by atoms with E-state index in [1.54, 1.807) is 6.07 Å². The largest absolute Gasteiger partial charge is 0.396 e. The van der Waals surface area contributed by atoms with Crippen LogP contribution in [0.25, 0.3) is 11.3 Å². The molecule has 8 heteroatoms. The molecule has 0 aliphatic carbocycles. The Kier molecular flexibility index (Phi) is 8.08. The minimum absolute atomic E-state index is 0.0119. The van der Waals surface area contributed by atoms with Crippen molar-refractivity contribution in [1.82, 2.24) is 15.2 Å². The van der Waals surface area contributed by atoms with E-state index in [1.807, 2.05) is 24.0 Å². The molecule has 1 aromatic heterocycles. The molecule has 1 aliphatic heterocycles. The smallest absolute Gasteiger partial charge is 0.274 e. The second kappa shape index (κ2) is 11.0. The quantitative estimate of drug-likeness (QED) is 0.558. The molecule has 1 aromatic carbocycles. The first-order chi connectivity index (χ1) is 15.9. The number of carbonyl (C=O) groups excluding carboxylic acids is 1. The van der Waals surface area contributed by atoms with Crippen molar-refractivity contribution in [2.75, 3.05) is 19.7 Å². The van der Waals surface area contributed by atoms with Gasteiger partial charge in [-0.3, -0.25) is 4.79 Å². The third kappa shape index (κ3) is 5.71. The minimum Gasteiger partial charge on any atom is -0.396 e. The SMILES string of the molecule is C=C/C(NC(=O)c1ccc(F)c(-c2ccccc2F)n1)=C(\C=C/C)N1CC(N)CC(CO)C1. The van der Waals surface area contributed by atoms with Gasteiger partial charge in [0, 0.05) is 37.2 Å². The first-order valence-electron chi connectivity index (χ1n) is 10.7. The van der Waals surface area contributed by atoms with E-state index in [1.165, 1.54) is 30.3 Å². The van der Waals surface area contributed by atoms with Gasteiger partial charge < -0.3 is 21.1 Å². The van der Waals surface area contributed by atoms with Crippen LogP contribution in [0, 0.1) is 17.6 Å². The van der Waals surface area contributed by atoms with Crippen LogP contribution in [0.5, 0.6) is 0 Å². The molecule has 0 radical (unpaired) electrons. The Bertz CT molecular complexity index is 1080. The van der Waals surface area contributed by atoms with E-state index in [0.29, 0.717) is 30.9 Å². The zero-order chi connectivity index (χ0) is 24.0. The molecule has 174 valence electrons. The average Bonchev–Trinajstić information content (AvgIpc) is 2.81. The molecule has 1 aliphatic rings. The molecule has 3 rings (SSSR count). The topological polar surface area (TPSA) is 91.5 Å². The van der Waals surface area contributed by atoms with Crippen LogP contribution in [-0.2, 0) is 0 Å². The molecule has 33 heavy (non-hydrogen) atoms. The number of hydrogen-bond donors (Lipinski definition) is 3. The fourth-order valence-electron chi connectivity index (χ4n) is 3.92. The van der Waals surface area contributed by atoms with Gasteiger partial charge in [0.05, 0.1) is 11.4 Å². The zero-order valence-corrected chi connectivity index (χ0v) is 18.5. The first kappa shape index (κ1) is 24.3. The summed E-state index contributed by atoms with van der Waals surface area (Å²) >= 11 is 0. The number of hydrogen-bond acceptors (Lipinski definition) is 5. The number of rotatable bonds is 7. The number of amides is 1. The summed E-state index contributed by atoms with van der Waals surface area (Å²) in [6, 6.07) is 7.86. The Balaban J connectivity index is 1.93. The highest BCUT2D eigenvalue weighted by Gasteiger charge is 2.27. The number of nitrogens with one attached hydrogen (secondary N) is 1. The maximum Gasteiger partial charge on any atom is 0.274 e. The maximum absolute atomic E-state index is 14.4. The summed E-state index contributed by atoms with van der Waals surface area (Å²) in [7, 11) is 0. The number of likely N-dealkylation sites (tertiary alicyclic amines) is 1. The van der Waals surface area contributed by atoms with Crippen molar-refractivity contribution in [3.8, 4) is 11.3 Å². The number of allylic oxidation sites excluding steroid dienone is 3. The van der Waals surface area contributed by atoms with E-state index >= 15 is 0 Å². The molecule has 2 atom stereocenters. The van der Waals surface area contributed by atoms with Gasteiger partial charge in [0.15, 0.2) is 0 Å². The van der Waals surface area contributed by atoms with Gasteiger partial charge in [0.2, 0.25) is 0 Å². The summed E-state index contributed by atoms with van der Waals surface area (Å²) in [5, 5.41) is 12.4. The summed E-state index contributed by atoms with van der Waals surface area (Å²) < 4.78 is 28.5. The van der Waals surface area contributed by atoms with E-state index in [2.05, 4.69) is 16.9 Å². The Hall–Kier alpha value is -3.36. The van der Waals surface area contributed by atoms with Crippen molar-refractivity contribution >= 4 is 5.91 Å². The Labute approximate surface area is 192 Å². The lowest BCUT2D eigenvalue weighted by Crippen LogP contribution is -2.47. The van der Waals surface area contributed by atoms with Crippen LogP contribution in [0.2, 0.25) is 0 Å². The van der Waals surface area contributed by atoms with E-state index in [4.69, 9.17) is 5.73 Å². The summed E-state index contributed by atoms with van der Waals surface area (Å²) in [5.74, 6) is -1.95. The third-order valence-electron chi connectivity index (χ3n) is 5.43. The zero-order valence-electron chi connectivity index (χ0n) is 18.5. The predicted molar refractivity (Wildman–Crippen MR) is 124 cm³/mol. The van der Waals surface area contributed by atoms with Gasteiger partial charge in [0.25, 0.3) is 5.91 Å². The standard InChI is InChI=1S/C25H28F2N4O2/c1-3-7-23(31-13-16(15-32)12-17(28)14-31)21(4-2)30-25(33)22-11-10-20(27)24(29-22)18-8-5-6-9-19(18)26/h3-11,16-17,32H,2,12-15,28H2,1H3,(H,30,33)/b7-3-,23-21-. The van der Waals surface area contributed by atoms with Crippen LogP contribution in [0.3, 0.4) is 0 Å². The Morgan fingerprint density at radius 3 is 2.70 bits per heavy atom. The van der Waals surface area contributed by atoms with E-state index in [9.17, 15) is 18.7 Å². The molecular formula is C25H28F2N4O2. The van der Waals surface area contributed by atoms with Gasteiger partial charge in [-0.25, -0.2) is 13.8 Å². The van der Waals surface area contributed by atoms with Crippen LogP contribution in [0.4, 0.5) is 8.78 Å². The highest BCUT2D eigenvalue weighted by molar-refractivity contribution is 5.94. The molecule has 0 spiro atoms. The number of aliphatic hydroxyl groups is 1. The number of aliphatic hydroxyl groups excluding tert-OH is 1. The highest BCUT2D eigenvalue weighted by Crippen LogP contribution is 2.25. The minimum atomic E-state index is -0.733. The van der Waals surface area contributed by atoms with Crippen molar-refractivity contribution in [1.29, 1.82) is 0 Å². The van der Waals surface area contributed by atoms with Crippen LogP contribution >= 0.6 is 0 Å². The molecule has 2 heterocycles. The number of piperidine rings is 1. The normalized spacial score (nSPS) is 19.4. The molecule has 4 N–H and O–H groups in total. The number of nitrogens with two attached hydrogens (primary N) is 1. The predicted octanol–water partition coefficient (Wildman–Crippen LogP) is 3.37. The number of carbonyl (C=O) groups is 1. The molecule has 6 nitrogen and oxygen atoms in total. The molecule has 1 fully saturated rings. The molecule has 0 bridgehead atoms. The van der Waals surface area contributed by atoms with Gasteiger partial charge in [-0.2, -0.15) is 0 Å². The van der Waals surface area contributed by atoms with Crippen molar-refractivity contribution in [3.05, 3.63) is 89.9 Å². The maximum atomic E-state index is 14.4. The number of halogens is 2. The second-order valence-electron chi connectivity index (χ2n) is 7.91. The van der Waals surface area contributed by atoms with Gasteiger partial charge in [-0.15, -0.1) is 0 Å². The van der Waals surface area contributed by atoms with E-state index in [0.717, 1.165) is 6.07 Å². The monoisotopic (exact) mass is 454 g/mol. The van der Waals surface area contributed by atoms with Crippen molar-refractivity contribution < 1.29 is 18.7 Å². The molecule has 1 amide bonds. The number of aromatic nitrogens is 1. The highest BCUT2D eigenvalue weighted by atomic mass is 19.1. The lowest BCUT2D eigenvalue weighted by Gasteiger charge is -2.38. The van der Waals surface area contributed by atoms with Crippen LogP contribution in [-0.4, -0.2) is 46.6 Å². The van der Waals surface area contributed by atoms with E-state index < -0.39 is 17.5 Å². The Morgan fingerprint density at radius 2 is 2.03 bits per heavy atom. The van der Waals surface area contributed by atoms with Gasteiger partial charge >= 0.3 is 0 Å². The lowest BCUT2D eigenvalue weighted by molar-refractivity contribution is 0.0958. The van der Waals surface area contributed by atoms with Crippen LogP contribution in [0.15, 0.2) is 72.6 Å². The number of pyridine rings is 1. The fourth-order valence-corrected chi connectivity index (χ4v) is 3.92. The first-order valence-corrected chi connectivity index (χ1v) is 10.7. The van der Waals surface area contributed by atoms with Gasteiger partial charge in [-0.1, -0.05) is 24.8 Å². The molecular weight excluding hydrogens is 426 g/mol. The lowest BCUT2D eigenvalue weighted by atomic mass is 9.94. The fraction of sp³-hybridized carbons (Fsp3) is 0.280. The molecule has 2 aromatic rings. The van der Waals surface area contributed by atoms with Crippen molar-refractivity contribution in [3.63, 3.8) is 0 Å². The van der Waals surface area contributed by atoms with Crippen molar-refractivity contribution in [2.45, 2.75) is 19.4 Å². The van der Waals surface area contributed by atoms with E-state index in [-0.39, 0.29) is 35.5 Å². The molecule has 1 saturated heterocycles. The van der Waals surface area contributed by atoms with Gasteiger partial charge in [-0.05, 0) is 49.8 Å². The van der Waals surface area contributed by atoms with Crippen LogP contribution in [0.1, 0.15) is 23.8 Å². The average molecular weight is 455 g/mol. The summed E-state index contributed by atoms with van der Waals surface area (Å²) in [6.45, 7) is 6.80. The summed E-state index contributed by atoms with van der Waals surface area (Å²) in [5.41, 5.74) is 6.93. The molecule has 2 unspecified atom stereocenters. The Morgan fingerprint density at radius 1 is 1.27 bits per heavy atom. The van der Waals surface area contributed by atoms with Crippen LogP contribution < -0.4 is 11.1 Å². The number of benzene rings is 1. The summed E-state index contributed by atoms with van der Waals surface area (Å²) in [6.07, 6.45) is 5.87. The third-order valence-corrected chi connectivity index (χ3v) is 5.43. The molecule has 0 saturated carbocycles. The number of nitrogens with zero attached hydrogens (tertiary/aromatic N) is 2. The van der Waals surface area contributed by atoms with Gasteiger partial charge in [0.1, 0.15) is 23.0 Å². The second-order valence-corrected chi connectivity index (χ2v) is 7.91. The summed E-state index contributed by atoms with van der Waals surface area (Å²) in [4.78, 5) is 19.1. The van der Waals surface area contributed by atoms with Crippen molar-refractivity contribution in [2.24, 2.45) is 11.7 Å².